The largest absolute Gasteiger partial charge is 0.465 e. The van der Waals surface area contributed by atoms with Crippen LogP contribution in [0.15, 0.2) is 52.4 Å². The Morgan fingerprint density at radius 2 is 1.88 bits per heavy atom. The third-order valence-corrected chi connectivity index (χ3v) is 7.56. The lowest BCUT2D eigenvalue weighted by Gasteiger charge is -2.06. The Labute approximate surface area is 190 Å². The monoisotopic (exact) mass is 476 g/mol. The molecule has 0 saturated heterocycles. The van der Waals surface area contributed by atoms with Gasteiger partial charge in [-0.3, -0.25) is 4.79 Å². The molecule has 0 N–H and O–H groups in total. The van der Waals surface area contributed by atoms with Crippen LogP contribution in [-0.2, 0) is 25.9 Å². The molecule has 2 aromatic carbocycles. The number of esters is 1. The van der Waals surface area contributed by atoms with E-state index in [0.717, 1.165) is 10.2 Å². The fourth-order valence-corrected chi connectivity index (χ4v) is 5.08. The number of amides is 1. The summed E-state index contributed by atoms with van der Waals surface area (Å²) in [6, 6.07) is 11.0. The molecule has 0 aliphatic heterocycles. The Morgan fingerprint density at radius 3 is 2.56 bits per heavy atom. The van der Waals surface area contributed by atoms with Gasteiger partial charge in [-0.1, -0.05) is 24.3 Å². The number of rotatable bonds is 8. The molecular formula is C22H24N2O6S2. The van der Waals surface area contributed by atoms with E-state index in [2.05, 4.69) is 4.99 Å². The lowest BCUT2D eigenvalue weighted by atomic mass is 10.2. The van der Waals surface area contributed by atoms with E-state index in [0.29, 0.717) is 30.1 Å². The molecule has 0 spiro atoms. The van der Waals surface area contributed by atoms with Crippen LogP contribution < -0.4 is 4.80 Å². The van der Waals surface area contributed by atoms with E-state index >= 15 is 0 Å². The zero-order valence-electron chi connectivity index (χ0n) is 18.0. The molecule has 1 aromatic heterocycles. The zero-order chi connectivity index (χ0) is 23.3. The van der Waals surface area contributed by atoms with Crippen molar-refractivity contribution in [2.24, 2.45) is 4.99 Å². The molecule has 0 atom stereocenters. The van der Waals surface area contributed by atoms with Crippen LogP contribution >= 0.6 is 11.3 Å². The van der Waals surface area contributed by atoms with Crippen molar-refractivity contribution in [3.8, 4) is 0 Å². The van der Waals surface area contributed by atoms with Gasteiger partial charge in [-0.05, 0) is 43.3 Å². The highest BCUT2D eigenvalue weighted by atomic mass is 32.2. The molecule has 0 bridgehead atoms. The smallest absolute Gasteiger partial charge is 0.337 e. The van der Waals surface area contributed by atoms with Crippen LogP contribution in [0.25, 0.3) is 10.2 Å². The Balaban J connectivity index is 2.09. The van der Waals surface area contributed by atoms with E-state index in [1.165, 1.54) is 42.7 Å². The molecule has 0 fully saturated rings. The Hall–Kier alpha value is -2.82. The van der Waals surface area contributed by atoms with Crippen LogP contribution in [0.5, 0.6) is 0 Å². The Morgan fingerprint density at radius 1 is 1.09 bits per heavy atom. The normalized spacial score (nSPS) is 12.3. The number of sulfone groups is 1. The minimum Gasteiger partial charge on any atom is -0.465 e. The van der Waals surface area contributed by atoms with Crippen molar-refractivity contribution in [3.05, 3.63) is 58.4 Å². The van der Waals surface area contributed by atoms with Gasteiger partial charge in [0.2, 0.25) is 0 Å². The second-order valence-corrected chi connectivity index (χ2v) is 10.0. The van der Waals surface area contributed by atoms with Crippen molar-refractivity contribution in [2.75, 3.05) is 26.1 Å². The minimum absolute atomic E-state index is 0.0575. The summed E-state index contributed by atoms with van der Waals surface area (Å²) in [7, 11) is -2.13. The Bertz CT molecular complexity index is 1320. The van der Waals surface area contributed by atoms with E-state index in [9.17, 15) is 18.0 Å². The van der Waals surface area contributed by atoms with Crippen molar-refractivity contribution in [1.29, 1.82) is 0 Å². The SMILES string of the molecule is CCOCCn1c(=NC(=O)c2cccc(S(=O)(=O)CC)c2)sc2cc(C(=O)OC)ccc21. The van der Waals surface area contributed by atoms with E-state index < -0.39 is 21.7 Å². The molecule has 10 heteroatoms. The highest BCUT2D eigenvalue weighted by molar-refractivity contribution is 7.91. The number of carbonyl (C=O) groups is 2. The fraction of sp³-hybridized carbons (Fsp3) is 0.318. The number of ether oxygens (including phenoxy) is 2. The van der Waals surface area contributed by atoms with Gasteiger partial charge in [0.15, 0.2) is 14.6 Å². The van der Waals surface area contributed by atoms with Gasteiger partial charge in [0.1, 0.15) is 0 Å². The molecule has 3 aromatic rings. The van der Waals surface area contributed by atoms with Crippen LogP contribution in [0.4, 0.5) is 0 Å². The standard InChI is InChI=1S/C22H24N2O6S2/c1-4-30-12-11-24-18-10-9-16(21(26)29-3)14-19(18)31-22(24)23-20(25)15-7-6-8-17(13-15)32(27,28)5-2/h6-10,13-14H,4-5,11-12H2,1-3H3. The van der Waals surface area contributed by atoms with Gasteiger partial charge in [0.05, 0.1) is 40.1 Å². The topological polar surface area (TPSA) is 104 Å². The lowest BCUT2D eigenvalue weighted by Crippen LogP contribution is -2.20. The maximum Gasteiger partial charge on any atom is 0.337 e. The summed E-state index contributed by atoms with van der Waals surface area (Å²) >= 11 is 1.26. The van der Waals surface area contributed by atoms with Gasteiger partial charge in [0, 0.05) is 18.7 Å². The third-order valence-electron chi connectivity index (χ3n) is 4.78. The summed E-state index contributed by atoms with van der Waals surface area (Å²) in [5.41, 5.74) is 1.38. The van der Waals surface area contributed by atoms with Crippen LogP contribution in [0, 0.1) is 0 Å². The van der Waals surface area contributed by atoms with Crippen LogP contribution in [0.2, 0.25) is 0 Å². The van der Waals surface area contributed by atoms with E-state index in [-0.39, 0.29) is 16.2 Å². The number of aromatic nitrogens is 1. The summed E-state index contributed by atoms with van der Waals surface area (Å²) in [6.45, 7) is 4.88. The Kier molecular flexibility index (Phi) is 7.60. The zero-order valence-corrected chi connectivity index (χ0v) is 19.7. The molecule has 0 aliphatic carbocycles. The van der Waals surface area contributed by atoms with Gasteiger partial charge in [-0.15, -0.1) is 0 Å². The highest BCUT2D eigenvalue weighted by Gasteiger charge is 2.16. The number of methoxy groups -OCH3 is 1. The molecule has 1 heterocycles. The van der Waals surface area contributed by atoms with E-state index in [1.807, 2.05) is 11.5 Å². The van der Waals surface area contributed by atoms with Crippen molar-refractivity contribution < 1.29 is 27.5 Å². The van der Waals surface area contributed by atoms with E-state index in [1.54, 1.807) is 25.1 Å². The number of nitrogens with zero attached hydrogens (tertiary/aromatic N) is 2. The molecular weight excluding hydrogens is 452 g/mol. The average Bonchev–Trinajstić information content (AvgIpc) is 3.14. The molecule has 0 unspecified atom stereocenters. The summed E-state index contributed by atoms with van der Waals surface area (Å²) < 4.78 is 37.2. The quantitative estimate of drug-likeness (QED) is 0.366. The second kappa shape index (κ2) is 10.2. The van der Waals surface area contributed by atoms with Crippen LogP contribution in [-0.4, -0.2) is 50.9 Å². The van der Waals surface area contributed by atoms with Crippen LogP contribution in [0.1, 0.15) is 34.6 Å². The molecule has 8 nitrogen and oxygen atoms in total. The maximum atomic E-state index is 12.9. The second-order valence-electron chi connectivity index (χ2n) is 6.76. The fourth-order valence-electron chi connectivity index (χ4n) is 3.06. The van der Waals surface area contributed by atoms with Crippen molar-refractivity contribution >= 4 is 43.3 Å². The number of hydrogen-bond donors (Lipinski definition) is 0. The average molecular weight is 477 g/mol. The summed E-state index contributed by atoms with van der Waals surface area (Å²) in [6.07, 6.45) is 0. The highest BCUT2D eigenvalue weighted by Crippen LogP contribution is 2.20. The van der Waals surface area contributed by atoms with E-state index in [4.69, 9.17) is 9.47 Å². The van der Waals surface area contributed by atoms with Crippen molar-refractivity contribution in [1.82, 2.24) is 4.57 Å². The van der Waals surface area contributed by atoms with Crippen LogP contribution in [0.3, 0.4) is 0 Å². The van der Waals surface area contributed by atoms with Gasteiger partial charge in [-0.2, -0.15) is 4.99 Å². The third kappa shape index (κ3) is 5.14. The van der Waals surface area contributed by atoms with Gasteiger partial charge < -0.3 is 14.0 Å². The number of thiazole rings is 1. The predicted molar refractivity (Wildman–Crippen MR) is 122 cm³/mol. The minimum atomic E-state index is -3.44. The van der Waals surface area contributed by atoms with Crippen molar-refractivity contribution in [2.45, 2.75) is 25.3 Å². The lowest BCUT2D eigenvalue weighted by molar-refractivity contribution is 0.0600. The molecule has 0 saturated carbocycles. The molecule has 1 amide bonds. The summed E-state index contributed by atoms with van der Waals surface area (Å²) in [5, 5.41) is 0. The first kappa shape index (κ1) is 23.8. The molecule has 32 heavy (non-hydrogen) atoms. The predicted octanol–water partition coefficient (Wildman–Crippen LogP) is 3.06. The van der Waals surface area contributed by atoms with Crippen molar-refractivity contribution in [3.63, 3.8) is 0 Å². The first-order valence-corrected chi connectivity index (χ1v) is 12.5. The first-order chi connectivity index (χ1) is 15.3. The number of benzene rings is 2. The summed E-state index contributed by atoms with van der Waals surface area (Å²) in [4.78, 5) is 29.6. The first-order valence-electron chi connectivity index (χ1n) is 10.0. The molecule has 3 rings (SSSR count). The molecule has 0 radical (unpaired) electrons. The summed E-state index contributed by atoms with van der Waals surface area (Å²) in [5.74, 6) is -1.06. The number of fused-ring (bicyclic) bond motifs is 1. The van der Waals surface area contributed by atoms with Gasteiger partial charge in [-0.25, -0.2) is 13.2 Å². The number of carbonyl (C=O) groups excluding carboxylic acids is 2. The maximum absolute atomic E-state index is 12.9. The molecule has 0 aliphatic rings. The van der Waals surface area contributed by atoms with Gasteiger partial charge in [0.25, 0.3) is 5.91 Å². The molecule has 170 valence electrons. The van der Waals surface area contributed by atoms with Gasteiger partial charge >= 0.3 is 5.97 Å². The number of hydrogen-bond acceptors (Lipinski definition) is 7.